The summed E-state index contributed by atoms with van der Waals surface area (Å²) in [6, 6.07) is 8.90. The van der Waals surface area contributed by atoms with Crippen LogP contribution in [-0.4, -0.2) is 36.4 Å². The molecular weight excluding hydrogens is 312 g/mol. The number of anilines is 1. The fourth-order valence-electron chi connectivity index (χ4n) is 3.50. The second-order valence-electron chi connectivity index (χ2n) is 7.86. The summed E-state index contributed by atoms with van der Waals surface area (Å²) in [5.74, 6) is 0.924. The third kappa shape index (κ3) is 4.34. The zero-order chi connectivity index (χ0) is 17.9. The van der Waals surface area contributed by atoms with Gasteiger partial charge in [-0.1, -0.05) is 26.8 Å². The highest BCUT2D eigenvalue weighted by atomic mass is 16.5. The van der Waals surface area contributed by atoms with Crippen molar-refractivity contribution in [2.24, 2.45) is 0 Å². The van der Waals surface area contributed by atoms with Crippen LogP contribution in [0.3, 0.4) is 0 Å². The van der Waals surface area contributed by atoms with Crippen molar-refractivity contribution in [2.75, 3.05) is 25.1 Å². The van der Waals surface area contributed by atoms with E-state index in [1.54, 1.807) is 7.11 Å². The molecule has 0 saturated carbocycles. The summed E-state index contributed by atoms with van der Waals surface area (Å²) >= 11 is 0. The summed E-state index contributed by atoms with van der Waals surface area (Å²) in [7, 11) is 1.72. The van der Waals surface area contributed by atoms with Gasteiger partial charge in [-0.2, -0.15) is 5.10 Å². The first-order valence-corrected chi connectivity index (χ1v) is 9.12. The van der Waals surface area contributed by atoms with Gasteiger partial charge in [-0.25, -0.2) is 0 Å². The van der Waals surface area contributed by atoms with E-state index in [0.717, 1.165) is 38.2 Å². The number of hydrogen-bond acceptors (Lipinski definition) is 4. The molecule has 1 aliphatic heterocycles. The first kappa shape index (κ1) is 17.8. The normalized spacial score (nSPS) is 16.2. The third-order valence-electron chi connectivity index (χ3n) is 4.96. The van der Waals surface area contributed by atoms with Crippen molar-refractivity contribution in [2.45, 2.75) is 51.6 Å². The molecule has 0 amide bonds. The molecule has 5 heteroatoms. The van der Waals surface area contributed by atoms with Crippen molar-refractivity contribution in [3.63, 3.8) is 0 Å². The van der Waals surface area contributed by atoms with Gasteiger partial charge in [0.1, 0.15) is 5.75 Å². The molecule has 1 saturated heterocycles. The van der Waals surface area contributed by atoms with E-state index in [1.807, 2.05) is 12.3 Å². The van der Waals surface area contributed by atoms with Crippen molar-refractivity contribution < 1.29 is 4.74 Å². The highest BCUT2D eigenvalue weighted by Crippen LogP contribution is 2.25. The molecule has 3 rings (SSSR count). The summed E-state index contributed by atoms with van der Waals surface area (Å²) < 4.78 is 5.34. The van der Waals surface area contributed by atoms with Crippen LogP contribution in [0, 0.1) is 0 Å². The van der Waals surface area contributed by atoms with Crippen LogP contribution in [0.5, 0.6) is 5.75 Å². The molecule has 1 fully saturated rings. The average molecular weight is 342 g/mol. The lowest BCUT2D eigenvalue weighted by molar-refractivity contribution is 0.407. The number of piperidine rings is 1. The minimum absolute atomic E-state index is 0.100. The second kappa shape index (κ2) is 7.48. The maximum absolute atomic E-state index is 5.34. The number of rotatable bonds is 5. The minimum Gasteiger partial charge on any atom is -0.497 e. The Labute approximate surface area is 150 Å². The van der Waals surface area contributed by atoms with E-state index in [9.17, 15) is 0 Å². The Balaban J connectivity index is 1.52. The quantitative estimate of drug-likeness (QED) is 0.873. The first-order valence-electron chi connectivity index (χ1n) is 9.12. The molecule has 0 unspecified atom stereocenters. The number of aromatic nitrogens is 2. The Morgan fingerprint density at radius 2 is 2.04 bits per heavy atom. The van der Waals surface area contributed by atoms with E-state index in [1.165, 1.54) is 16.9 Å². The van der Waals surface area contributed by atoms with Crippen LogP contribution in [0.15, 0.2) is 30.5 Å². The molecule has 1 aromatic heterocycles. The standard InChI is InChI=1S/C20H30N4O/c1-20(2,3)19-15(14-22-23-19)13-21-16-8-10-24(11-9-16)17-6-5-7-18(12-17)25-4/h5-7,12,14,16,21H,8-11,13H2,1-4H3,(H,22,23). The van der Waals surface area contributed by atoms with Crippen molar-refractivity contribution in [3.05, 3.63) is 41.7 Å². The van der Waals surface area contributed by atoms with Crippen LogP contribution >= 0.6 is 0 Å². The summed E-state index contributed by atoms with van der Waals surface area (Å²) in [6.07, 6.45) is 4.26. The van der Waals surface area contributed by atoms with E-state index < -0.39 is 0 Å². The summed E-state index contributed by atoms with van der Waals surface area (Å²) in [4.78, 5) is 2.44. The summed E-state index contributed by atoms with van der Waals surface area (Å²) in [5.41, 5.74) is 3.86. The SMILES string of the molecule is COc1cccc(N2CCC(NCc3cn[nH]c3C(C)(C)C)CC2)c1. The van der Waals surface area contributed by atoms with Crippen molar-refractivity contribution >= 4 is 5.69 Å². The number of nitrogens with zero attached hydrogens (tertiary/aromatic N) is 2. The lowest BCUT2D eigenvalue weighted by Crippen LogP contribution is -2.42. The van der Waals surface area contributed by atoms with Gasteiger partial charge < -0.3 is 15.0 Å². The van der Waals surface area contributed by atoms with E-state index in [4.69, 9.17) is 4.74 Å². The molecule has 2 heterocycles. The molecule has 0 radical (unpaired) electrons. The number of H-pyrrole nitrogens is 1. The number of aromatic amines is 1. The molecule has 136 valence electrons. The molecule has 25 heavy (non-hydrogen) atoms. The molecule has 2 aromatic rings. The molecule has 2 N–H and O–H groups in total. The molecule has 0 spiro atoms. The Morgan fingerprint density at radius 1 is 1.28 bits per heavy atom. The van der Waals surface area contributed by atoms with Gasteiger partial charge in [0.2, 0.25) is 0 Å². The predicted octanol–water partition coefficient (Wildman–Crippen LogP) is 3.47. The lowest BCUT2D eigenvalue weighted by atomic mass is 9.89. The molecule has 1 aliphatic rings. The average Bonchev–Trinajstić information content (AvgIpc) is 3.09. The van der Waals surface area contributed by atoms with E-state index in [2.05, 4.69) is 59.4 Å². The van der Waals surface area contributed by atoms with Crippen LogP contribution < -0.4 is 15.0 Å². The minimum atomic E-state index is 0.100. The largest absolute Gasteiger partial charge is 0.497 e. The summed E-state index contributed by atoms with van der Waals surface area (Å²) in [6.45, 7) is 9.68. The maximum Gasteiger partial charge on any atom is 0.120 e. The molecule has 0 bridgehead atoms. The predicted molar refractivity (Wildman–Crippen MR) is 102 cm³/mol. The topological polar surface area (TPSA) is 53.2 Å². The van der Waals surface area contributed by atoms with Gasteiger partial charge in [0.05, 0.1) is 13.3 Å². The number of nitrogens with one attached hydrogen (secondary N) is 2. The van der Waals surface area contributed by atoms with E-state index in [-0.39, 0.29) is 5.41 Å². The van der Waals surface area contributed by atoms with Gasteiger partial charge in [0.15, 0.2) is 0 Å². The highest BCUT2D eigenvalue weighted by molar-refractivity contribution is 5.51. The van der Waals surface area contributed by atoms with E-state index in [0.29, 0.717) is 6.04 Å². The van der Waals surface area contributed by atoms with E-state index >= 15 is 0 Å². The zero-order valence-corrected chi connectivity index (χ0v) is 15.8. The summed E-state index contributed by atoms with van der Waals surface area (Å²) in [5, 5.41) is 11.1. The molecule has 0 aliphatic carbocycles. The monoisotopic (exact) mass is 342 g/mol. The number of hydrogen-bond donors (Lipinski definition) is 2. The Kier molecular flexibility index (Phi) is 5.33. The number of ether oxygens (including phenoxy) is 1. The first-order chi connectivity index (χ1) is 12.0. The number of benzene rings is 1. The highest BCUT2D eigenvalue weighted by Gasteiger charge is 2.22. The van der Waals surface area contributed by atoms with Gasteiger partial charge in [0.25, 0.3) is 0 Å². The second-order valence-corrected chi connectivity index (χ2v) is 7.86. The third-order valence-corrected chi connectivity index (χ3v) is 4.96. The Morgan fingerprint density at radius 3 is 2.72 bits per heavy atom. The Bertz CT molecular complexity index is 681. The van der Waals surface area contributed by atoms with Crippen LogP contribution in [0.25, 0.3) is 0 Å². The lowest BCUT2D eigenvalue weighted by Gasteiger charge is -2.34. The van der Waals surface area contributed by atoms with Gasteiger partial charge >= 0.3 is 0 Å². The maximum atomic E-state index is 5.34. The van der Waals surface area contributed by atoms with Gasteiger partial charge in [-0.05, 0) is 25.0 Å². The number of methoxy groups -OCH3 is 1. The van der Waals surface area contributed by atoms with Crippen molar-refractivity contribution in [1.29, 1.82) is 0 Å². The van der Waals surface area contributed by atoms with Crippen LogP contribution in [0.2, 0.25) is 0 Å². The van der Waals surface area contributed by atoms with Crippen LogP contribution in [-0.2, 0) is 12.0 Å². The fraction of sp³-hybridized carbons (Fsp3) is 0.550. The van der Waals surface area contributed by atoms with Gasteiger partial charge in [0, 0.05) is 54.1 Å². The van der Waals surface area contributed by atoms with Gasteiger partial charge in [-0.3, -0.25) is 5.10 Å². The Hall–Kier alpha value is -2.01. The fourth-order valence-corrected chi connectivity index (χ4v) is 3.50. The molecular formula is C20H30N4O. The molecule has 5 nitrogen and oxygen atoms in total. The van der Waals surface area contributed by atoms with Crippen LogP contribution in [0.1, 0.15) is 44.9 Å². The zero-order valence-electron chi connectivity index (χ0n) is 15.8. The van der Waals surface area contributed by atoms with Crippen LogP contribution in [0.4, 0.5) is 5.69 Å². The smallest absolute Gasteiger partial charge is 0.120 e. The molecule has 0 atom stereocenters. The van der Waals surface area contributed by atoms with Gasteiger partial charge in [-0.15, -0.1) is 0 Å². The van der Waals surface area contributed by atoms with Crippen molar-refractivity contribution in [3.8, 4) is 5.75 Å². The molecule has 1 aromatic carbocycles. The van der Waals surface area contributed by atoms with Crippen molar-refractivity contribution in [1.82, 2.24) is 15.5 Å².